The van der Waals surface area contributed by atoms with Gasteiger partial charge in [-0.3, -0.25) is 9.89 Å². The van der Waals surface area contributed by atoms with Crippen LogP contribution < -0.4 is 5.32 Å². The smallest absolute Gasteiger partial charge is 0.339 e. The van der Waals surface area contributed by atoms with Gasteiger partial charge in [0, 0.05) is 5.02 Å². The topological polar surface area (TPSA) is 97.0 Å². The van der Waals surface area contributed by atoms with E-state index in [9.17, 15) is 9.59 Å². The Morgan fingerprint density at radius 1 is 1.42 bits per heavy atom. The molecule has 0 aliphatic rings. The molecule has 0 atom stereocenters. The van der Waals surface area contributed by atoms with Crippen molar-refractivity contribution in [3.63, 3.8) is 0 Å². The molecule has 0 fully saturated rings. The van der Waals surface area contributed by atoms with E-state index in [1.165, 1.54) is 31.6 Å². The third kappa shape index (κ3) is 2.89. The number of halogens is 1. The molecule has 7 nitrogen and oxygen atoms in total. The fourth-order valence-corrected chi connectivity index (χ4v) is 1.58. The molecule has 0 spiro atoms. The largest absolute Gasteiger partial charge is 0.465 e. The number of esters is 1. The molecule has 0 saturated carbocycles. The van der Waals surface area contributed by atoms with Crippen molar-refractivity contribution in [2.45, 2.75) is 0 Å². The van der Waals surface area contributed by atoms with E-state index in [-0.39, 0.29) is 17.1 Å². The summed E-state index contributed by atoms with van der Waals surface area (Å²) in [6.45, 7) is 0. The molecule has 1 aromatic heterocycles. The van der Waals surface area contributed by atoms with E-state index in [2.05, 4.69) is 25.2 Å². The molecular formula is C11H9ClN4O3. The van der Waals surface area contributed by atoms with Gasteiger partial charge < -0.3 is 10.1 Å². The number of rotatable bonds is 3. The highest BCUT2D eigenvalue weighted by molar-refractivity contribution is 6.31. The highest BCUT2D eigenvalue weighted by Crippen LogP contribution is 2.22. The Morgan fingerprint density at radius 3 is 2.84 bits per heavy atom. The highest BCUT2D eigenvalue weighted by Gasteiger charge is 2.16. The third-order valence-electron chi connectivity index (χ3n) is 2.27. The van der Waals surface area contributed by atoms with Gasteiger partial charge in [-0.15, -0.1) is 0 Å². The summed E-state index contributed by atoms with van der Waals surface area (Å²) >= 11 is 5.83. The molecule has 0 aliphatic carbocycles. The fraction of sp³-hybridized carbons (Fsp3) is 0.0909. The minimum atomic E-state index is -0.579. The van der Waals surface area contributed by atoms with E-state index in [1.54, 1.807) is 0 Å². The number of carbonyl (C=O) groups is 2. The van der Waals surface area contributed by atoms with Gasteiger partial charge in [-0.2, -0.15) is 5.10 Å². The van der Waals surface area contributed by atoms with Crippen LogP contribution in [0.25, 0.3) is 0 Å². The maximum atomic E-state index is 11.8. The van der Waals surface area contributed by atoms with Gasteiger partial charge in [0.15, 0.2) is 0 Å². The lowest BCUT2D eigenvalue weighted by atomic mass is 10.2. The minimum Gasteiger partial charge on any atom is -0.465 e. The lowest BCUT2D eigenvalue weighted by Gasteiger charge is -2.09. The van der Waals surface area contributed by atoms with Crippen LogP contribution >= 0.6 is 11.6 Å². The number of carbonyl (C=O) groups excluding carboxylic acids is 2. The van der Waals surface area contributed by atoms with Crippen LogP contribution in [0.2, 0.25) is 5.02 Å². The number of methoxy groups -OCH3 is 1. The maximum Gasteiger partial charge on any atom is 0.339 e. The van der Waals surface area contributed by atoms with Crippen molar-refractivity contribution < 1.29 is 14.3 Å². The minimum absolute atomic E-state index is 0.0239. The van der Waals surface area contributed by atoms with Crippen LogP contribution in [0.15, 0.2) is 24.5 Å². The second-order valence-corrected chi connectivity index (χ2v) is 3.91. The number of H-pyrrole nitrogens is 1. The van der Waals surface area contributed by atoms with Crippen LogP contribution in [-0.2, 0) is 4.74 Å². The Bertz CT molecular complexity index is 612. The highest BCUT2D eigenvalue weighted by atomic mass is 35.5. The standard InChI is InChI=1S/C11H9ClN4O3/c1-19-11(18)7-3-2-6(12)4-8(7)15-10(17)9-13-5-14-16-9/h2-5H,1H3,(H,15,17)(H,13,14,16). The van der Waals surface area contributed by atoms with Crippen LogP contribution in [0.1, 0.15) is 21.0 Å². The second kappa shape index (κ2) is 5.49. The first-order chi connectivity index (χ1) is 9.11. The van der Waals surface area contributed by atoms with E-state index >= 15 is 0 Å². The summed E-state index contributed by atoms with van der Waals surface area (Å²) in [7, 11) is 1.25. The van der Waals surface area contributed by atoms with Crippen molar-refractivity contribution in [3.05, 3.63) is 40.9 Å². The van der Waals surface area contributed by atoms with Gasteiger partial charge in [-0.05, 0) is 18.2 Å². The summed E-state index contributed by atoms with van der Waals surface area (Å²) < 4.78 is 4.62. The summed E-state index contributed by atoms with van der Waals surface area (Å²) in [6, 6.07) is 4.43. The zero-order valence-corrected chi connectivity index (χ0v) is 10.6. The Morgan fingerprint density at radius 2 is 2.21 bits per heavy atom. The summed E-state index contributed by atoms with van der Waals surface area (Å²) in [6.07, 6.45) is 1.20. The number of nitrogens with zero attached hydrogens (tertiary/aromatic N) is 2. The Kier molecular flexibility index (Phi) is 3.76. The number of ether oxygens (including phenoxy) is 1. The van der Waals surface area contributed by atoms with Crippen LogP contribution in [0, 0.1) is 0 Å². The van der Waals surface area contributed by atoms with Crippen molar-refractivity contribution >= 4 is 29.2 Å². The molecule has 19 heavy (non-hydrogen) atoms. The van der Waals surface area contributed by atoms with Gasteiger partial charge in [0.25, 0.3) is 5.91 Å². The van der Waals surface area contributed by atoms with Crippen molar-refractivity contribution in [1.82, 2.24) is 15.2 Å². The summed E-state index contributed by atoms with van der Waals surface area (Å²) in [4.78, 5) is 27.1. The average molecular weight is 281 g/mol. The van der Waals surface area contributed by atoms with Gasteiger partial charge in [-0.1, -0.05) is 11.6 Å². The zero-order chi connectivity index (χ0) is 13.8. The van der Waals surface area contributed by atoms with E-state index in [0.717, 1.165) is 0 Å². The first kappa shape index (κ1) is 13.0. The van der Waals surface area contributed by atoms with Crippen molar-refractivity contribution in [2.75, 3.05) is 12.4 Å². The summed E-state index contributed by atoms with van der Waals surface area (Å²) in [5.41, 5.74) is 0.431. The number of aromatic nitrogens is 3. The third-order valence-corrected chi connectivity index (χ3v) is 2.50. The maximum absolute atomic E-state index is 11.8. The van der Waals surface area contributed by atoms with Crippen LogP contribution in [0.3, 0.4) is 0 Å². The lowest BCUT2D eigenvalue weighted by Crippen LogP contribution is -2.16. The normalized spacial score (nSPS) is 10.0. The number of amides is 1. The number of nitrogens with one attached hydrogen (secondary N) is 2. The molecule has 0 unspecified atom stereocenters. The Hall–Kier alpha value is -2.41. The number of benzene rings is 1. The molecule has 8 heteroatoms. The van der Waals surface area contributed by atoms with Gasteiger partial charge in [0.2, 0.25) is 5.82 Å². The Labute approximate surface area is 112 Å². The first-order valence-electron chi connectivity index (χ1n) is 5.16. The van der Waals surface area contributed by atoms with Crippen LogP contribution in [-0.4, -0.2) is 34.2 Å². The van der Waals surface area contributed by atoms with Gasteiger partial charge >= 0.3 is 5.97 Å². The SMILES string of the molecule is COC(=O)c1ccc(Cl)cc1NC(=O)c1ncn[nH]1. The zero-order valence-electron chi connectivity index (χ0n) is 9.81. The number of anilines is 1. The molecular weight excluding hydrogens is 272 g/mol. The summed E-state index contributed by atoms with van der Waals surface area (Å²) in [5, 5.41) is 8.86. The van der Waals surface area contributed by atoms with E-state index in [4.69, 9.17) is 11.6 Å². The molecule has 1 aromatic carbocycles. The van der Waals surface area contributed by atoms with Crippen LogP contribution in [0.5, 0.6) is 0 Å². The van der Waals surface area contributed by atoms with Gasteiger partial charge in [-0.25, -0.2) is 9.78 Å². The summed E-state index contributed by atoms with van der Waals surface area (Å²) in [5.74, 6) is -1.09. The van der Waals surface area contributed by atoms with Crippen molar-refractivity contribution in [1.29, 1.82) is 0 Å². The Balaban J connectivity index is 2.31. The predicted molar refractivity (Wildman–Crippen MR) is 67.1 cm³/mol. The fourth-order valence-electron chi connectivity index (χ4n) is 1.40. The molecule has 98 valence electrons. The molecule has 0 aliphatic heterocycles. The van der Waals surface area contributed by atoms with Gasteiger partial charge in [0.05, 0.1) is 18.4 Å². The quantitative estimate of drug-likeness (QED) is 0.830. The monoisotopic (exact) mass is 280 g/mol. The molecule has 1 amide bonds. The second-order valence-electron chi connectivity index (χ2n) is 3.47. The van der Waals surface area contributed by atoms with E-state index in [0.29, 0.717) is 5.02 Å². The molecule has 0 bridgehead atoms. The number of hydrogen-bond acceptors (Lipinski definition) is 5. The van der Waals surface area contributed by atoms with Gasteiger partial charge in [0.1, 0.15) is 6.33 Å². The number of aromatic amines is 1. The van der Waals surface area contributed by atoms with Crippen molar-refractivity contribution in [3.8, 4) is 0 Å². The predicted octanol–water partition coefficient (Wildman–Crippen LogP) is 1.50. The average Bonchev–Trinajstić information content (AvgIpc) is 2.92. The molecule has 2 rings (SSSR count). The molecule has 0 radical (unpaired) electrons. The van der Waals surface area contributed by atoms with E-state index in [1.807, 2.05) is 0 Å². The van der Waals surface area contributed by atoms with Crippen molar-refractivity contribution in [2.24, 2.45) is 0 Å². The molecule has 1 heterocycles. The molecule has 0 saturated heterocycles. The first-order valence-corrected chi connectivity index (χ1v) is 5.54. The number of hydrogen-bond donors (Lipinski definition) is 2. The molecule has 2 N–H and O–H groups in total. The molecule has 2 aromatic rings. The van der Waals surface area contributed by atoms with E-state index < -0.39 is 11.9 Å². The lowest BCUT2D eigenvalue weighted by molar-refractivity contribution is 0.0602. The van der Waals surface area contributed by atoms with Crippen LogP contribution in [0.4, 0.5) is 5.69 Å².